The molecular formula is C25H30O3. The fourth-order valence-corrected chi connectivity index (χ4v) is 6.38. The van der Waals surface area contributed by atoms with Crippen molar-refractivity contribution in [3.63, 3.8) is 0 Å². The van der Waals surface area contributed by atoms with Crippen molar-refractivity contribution in [1.82, 2.24) is 0 Å². The summed E-state index contributed by atoms with van der Waals surface area (Å²) in [6.07, 6.45) is 3.98. The van der Waals surface area contributed by atoms with E-state index in [0.29, 0.717) is 24.4 Å². The summed E-state index contributed by atoms with van der Waals surface area (Å²) in [5.41, 5.74) is 3.97. The predicted octanol–water partition coefficient (Wildman–Crippen LogP) is 4.45. The lowest BCUT2D eigenvalue weighted by atomic mass is 9.55. The summed E-state index contributed by atoms with van der Waals surface area (Å²) in [5, 5.41) is 20.9. The lowest BCUT2D eigenvalue weighted by Gasteiger charge is -2.49. The van der Waals surface area contributed by atoms with E-state index in [-0.39, 0.29) is 5.41 Å². The molecule has 148 valence electrons. The van der Waals surface area contributed by atoms with Crippen LogP contribution in [0, 0.1) is 17.3 Å². The van der Waals surface area contributed by atoms with Crippen molar-refractivity contribution in [2.45, 2.75) is 63.8 Å². The van der Waals surface area contributed by atoms with Crippen molar-refractivity contribution >= 4 is 0 Å². The second kappa shape index (κ2) is 6.89. The van der Waals surface area contributed by atoms with Crippen LogP contribution in [-0.2, 0) is 13.0 Å². The molecule has 0 radical (unpaired) electrons. The molecule has 2 fully saturated rings. The highest BCUT2D eigenvalue weighted by Crippen LogP contribution is 2.60. The lowest BCUT2D eigenvalue weighted by molar-refractivity contribution is -0.0505. The zero-order valence-electron chi connectivity index (χ0n) is 16.6. The molecule has 3 aliphatic carbocycles. The molecule has 2 N–H and O–H groups in total. The van der Waals surface area contributed by atoms with Gasteiger partial charge in [-0.05, 0) is 84.1 Å². The monoisotopic (exact) mass is 378 g/mol. The Bertz CT molecular complexity index is 848. The van der Waals surface area contributed by atoms with Gasteiger partial charge in [0, 0.05) is 0 Å². The highest BCUT2D eigenvalue weighted by atomic mass is 16.5. The maximum Gasteiger partial charge on any atom is 0.120 e. The van der Waals surface area contributed by atoms with Crippen molar-refractivity contribution in [1.29, 1.82) is 0 Å². The molecule has 5 rings (SSSR count). The molecule has 3 nitrogen and oxygen atoms in total. The first-order chi connectivity index (χ1) is 13.6. The number of fused-ring (bicyclic) bond motifs is 5. The molecule has 0 heterocycles. The van der Waals surface area contributed by atoms with Gasteiger partial charge in [-0.25, -0.2) is 0 Å². The Labute approximate surface area is 167 Å². The van der Waals surface area contributed by atoms with Gasteiger partial charge >= 0.3 is 0 Å². The van der Waals surface area contributed by atoms with E-state index in [1.165, 1.54) is 16.7 Å². The second-order valence-electron chi connectivity index (χ2n) is 9.34. The van der Waals surface area contributed by atoms with Gasteiger partial charge < -0.3 is 14.9 Å². The first kappa shape index (κ1) is 18.2. The van der Waals surface area contributed by atoms with Crippen LogP contribution < -0.4 is 4.74 Å². The summed E-state index contributed by atoms with van der Waals surface area (Å²) in [6.45, 7) is 2.80. The number of hydrogen-bond acceptors (Lipinski definition) is 3. The van der Waals surface area contributed by atoms with Gasteiger partial charge in [0.2, 0.25) is 0 Å². The third-order valence-corrected chi connectivity index (χ3v) is 7.92. The standard InChI is InChI=1S/C25H30O3/c1-25-12-11-20-19-10-8-18(28-15-16-5-3-2-4-6-16)13-17(19)7-9-21(20)22(25)14-23(26)24(25)27/h2-6,8,10,13,20-24,26-27H,7,9,11-12,14-15H2,1H3/t20?,21?,22?,23-,24+,25+/m1/s1. The van der Waals surface area contributed by atoms with Crippen LogP contribution in [0.3, 0.4) is 0 Å². The molecule has 6 atom stereocenters. The molecule has 0 amide bonds. The van der Waals surface area contributed by atoms with E-state index in [0.717, 1.165) is 37.9 Å². The number of ether oxygens (including phenoxy) is 1. The minimum Gasteiger partial charge on any atom is -0.489 e. The first-order valence-corrected chi connectivity index (χ1v) is 10.7. The van der Waals surface area contributed by atoms with Crippen molar-refractivity contribution in [3.8, 4) is 5.75 Å². The number of benzene rings is 2. The number of hydrogen-bond donors (Lipinski definition) is 2. The van der Waals surface area contributed by atoms with Crippen LogP contribution in [0.25, 0.3) is 0 Å². The zero-order chi connectivity index (χ0) is 19.3. The van der Waals surface area contributed by atoms with E-state index >= 15 is 0 Å². The molecule has 28 heavy (non-hydrogen) atoms. The summed E-state index contributed by atoms with van der Waals surface area (Å²) in [5.74, 6) is 2.52. The lowest BCUT2D eigenvalue weighted by Crippen LogP contribution is -2.44. The van der Waals surface area contributed by atoms with Crippen LogP contribution in [0.5, 0.6) is 5.75 Å². The largest absolute Gasteiger partial charge is 0.489 e. The summed E-state index contributed by atoms with van der Waals surface area (Å²) >= 11 is 0. The summed E-state index contributed by atoms with van der Waals surface area (Å²) in [4.78, 5) is 0. The van der Waals surface area contributed by atoms with Crippen LogP contribution in [-0.4, -0.2) is 22.4 Å². The molecule has 2 aromatic rings. The number of aliphatic hydroxyl groups is 2. The van der Waals surface area contributed by atoms with Crippen LogP contribution in [0.1, 0.15) is 55.2 Å². The van der Waals surface area contributed by atoms with Gasteiger partial charge in [0.1, 0.15) is 12.4 Å². The van der Waals surface area contributed by atoms with Gasteiger partial charge in [0.15, 0.2) is 0 Å². The third-order valence-electron chi connectivity index (χ3n) is 7.92. The number of rotatable bonds is 3. The molecular weight excluding hydrogens is 348 g/mol. The molecule has 2 aromatic carbocycles. The average molecular weight is 379 g/mol. The van der Waals surface area contributed by atoms with Crippen LogP contribution in [0.2, 0.25) is 0 Å². The van der Waals surface area contributed by atoms with Gasteiger partial charge in [-0.2, -0.15) is 0 Å². The predicted molar refractivity (Wildman–Crippen MR) is 109 cm³/mol. The maximum atomic E-state index is 10.6. The Kier molecular flexibility index (Phi) is 4.48. The van der Waals surface area contributed by atoms with E-state index in [1.54, 1.807) is 0 Å². The van der Waals surface area contributed by atoms with Crippen molar-refractivity contribution < 1.29 is 14.9 Å². The van der Waals surface area contributed by atoms with E-state index in [9.17, 15) is 10.2 Å². The minimum atomic E-state index is -0.561. The number of aliphatic hydroxyl groups excluding tert-OH is 2. The molecule has 2 saturated carbocycles. The number of aryl methyl sites for hydroxylation is 1. The van der Waals surface area contributed by atoms with E-state index in [1.807, 2.05) is 18.2 Å². The zero-order valence-corrected chi connectivity index (χ0v) is 16.6. The SMILES string of the molecule is C[C@]12CCC3c4ccc(OCc5ccccc5)cc4CCC3C1C[C@@H](O)[C@@H]2O. The van der Waals surface area contributed by atoms with Gasteiger partial charge in [-0.15, -0.1) is 0 Å². The molecule has 0 bridgehead atoms. The Balaban J connectivity index is 1.35. The average Bonchev–Trinajstić information content (AvgIpc) is 2.96. The van der Waals surface area contributed by atoms with Crippen LogP contribution in [0.4, 0.5) is 0 Å². The topological polar surface area (TPSA) is 49.7 Å². The third kappa shape index (κ3) is 2.87. The fraction of sp³-hybridized carbons (Fsp3) is 0.520. The summed E-state index contributed by atoms with van der Waals surface area (Å²) in [7, 11) is 0. The van der Waals surface area contributed by atoms with Gasteiger partial charge in [0.25, 0.3) is 0 Å². The molecule has 0 aromatic heterocycles. The van der Waals surface area contributed by atoms with Gasteiger partial charge in [-0.1, -0.05) is 43.3 Å². The quantitative estimate of drug-likeness (QED) is 0.829. The summed E-state index contributed by atoms with van der Waals surface area (Å²) in [6, 6.07) is 16.9. The molecule has 3 unspecified atom stereocenters. The minimum absolute atomic E-state index is 0.114. The Morgan fingerprint density at radius 1 is 1.07 bits per heavy atom. The fourth-order valence-electron chi connectivity index (χ4n) is 6.38. The Morgan fingerprint density at radius 3 is 2.71 bits per heavy atom. The molecule has 0 saturated heterocycles. The van der Waals surface area contributed by atoms with Gasteiger partial charge in [0.05, 0.1) is 12.2 Å². The van der Waals surface area contributed by atoms with E-state index in [2.05, 4.69) is 37.3 Å². The molecule has 0 aliphatic heterocycles. The van der Waals surface area contributed by atoms with Crippen LogP contribution >= 0.6 is 0 Å². The molecule has 0 spiro atoms. The summed E-state index contributed by atoms with van der Waals surface area (Å²) < 4.78 is 6.04. The van der Waals surface area contributed by atoms with E-state index in [4.69, 9.17) is 4.74 Å². The molecule has 3 aliphatic rings. The second-order valence-corrected chi connectivity index (χ2v) is 9.34. The van der Waals surface area contributed by atoms with Crippen LogP contribution in [0.15, 0.2) is 48.5 Å². The van der Waals surface area contributed by atoms with Crippen molar-refractivity contribution in [2.24, 2.45) is 17.3 Å². The molecule has 3 heteroatoms. The van der Waals surface area contributed by atoms with E-state index < -0.39 is 12.2 Å². The highest BCUT2D eigenvalue weighted by Gasteiger charge is 2.57. The smallest absolute Gasteiger partial charge is 0.120 e. The highest BCUT2D eigenvalue weighted by molar-refractivity contribution is 5.41. The van der Waals surface area contributed by atoms with Crippen molar-refractivity contribution in [2.75, 3.05) is 0 Å². The Hall–Kier alpha value is -1.84. The first-order valence-electron chi connectivity index (χ1n) is 10.7. The maximum absolute atomic E-state index is 10.6. The Morgan fingerprint density at radius 2 is 1.89 bits per heavy atom. The van der Waals surface area contributed by atoms with Gasteiger partial charge in [-0.3, -0.25) is 0 Å². The normalized spacial score (nSPS) is 36.3. The van der Waals surface area contributed by atoms with Crippen molar-refractivity contribution in [3.05, 3.63) is 65.2 Å².